The molecule has 2 aromatic rings. The molecule has 0 saturated carbocycles. The lowest BCUT2D eigenvalue weighted by molar-refractivity contribution is 0.0954. The van der Waals surface area contributed by atoms with Crippen LogP contribution in [0, 0.1) is 6.92 Å². The van der Waals surface area contributed by atoms with E-state index in [1.54, 1.807) is 31.3 Å². The van der Waals surface area contributed by atoms with Crippen LogP contribution in [0.3, 0.4) is 0 Å². The number of aryl methyl sites for hydroxylation is 1. The first kappa shape index (κ1) is 19.5. The number of carbonyl (C=O) groups excluding carboxylic acids is 2. The van der Waals surface area contributed by atoms with Gasteiger partial charge < -0.3 is 20.1 Å². The summed E-state index contributed by atoms with van der Waals surface area (Å²) in [6, 6.07) is 10.9. The highest BCUT2D eigenvalue weighted by Gasteiger charge is 2.23. The van der Waals surface area contributed by atoms with Crippen molar-refractivity contribution in [3.8, 4) is 11.5 Å². The van der Waals surface area contributed by atoms with Crippen molar-refractivity contribution in [3.63, 3.8) is 0 Å². The molecule has 2 N–H and O–H groups in total. The molecule has 0 radical (unpaired) electrons. The monoisotopic (exact) mass is 383 g/mol. The van der Waals surface area contributed by atoms with Gasteiger partial charge >= 0.3 is 6.03 Å². The van der Waals surface area contributed by atoms with Crippen LogP contribution in [0.1, 0.15) is 21.5 Å². The maximum absolute atomic E-state index is 12.6. The molecule has 7 nitrogen and oxygen atoms in total. The van der Waals surface area contributed by atoms with Crippen molar-refractivity contribution in [2.45, 2.75) is 13.3 Å². The minimum Gasteiger partial charge on any atom is -0.493 e. The Kier molecular flexibility index (Phi) is 6.03. The van der Waals surface area contributed by atoms with E-state index in [2.05, 4.69) is 10.6 Å². The van der Waals surface area contributed by atoms with Crippen molar-refractivity contribution < 1.29 is 19.1 Å². The number of para-hydroxylation sites is 1. The molecule has 1 aliphatic heterocycles. The van der Waals surface area contributed by atoms with Gasteiger partial charge in [0.05, 0.1) is 14.2 Å². The van der Waals surface area contributed by atoms with E-state index in [0.717, 1.165) is 16.8 Å². The van der Waals surface area contributed by atoms with Crippen LogP contribution in [-0.4, -0.2) is 45.8 Å². The average molecular weight is 383 g/mol. The van der Waals surface area contributed by atoms with Crippen LogP contribution in [0.4, 0.5) is 10.5 Å². The summed E-state index contributed by atoms with van der Waals surface area (Å²) >= 11 is 0. The zero-order chi connectivity index (χ0) is 20.1. The molecule has 1 heterocycles. The fraction of sp³-hybridized carbons (Fsp3) is 0.333. The number of hydrogen-bond donors (Lipinski definition) is 2. The van der Waals surface area contributed by atoms with Crippen molar-refractivity contribution in [1.82, 2.24) is 10.6 Å². The van der Waals surface area contributed by atoms with E-state index in [4.69, 9.17) is 9.47 Å². The van der Waals surface area contributed by atoms with Gasteiger partial charge in [-0.2, -0.15) is 0 Å². The fourth-order valence-corrected chi connectivity index (χ4v) is 3.31. The number of ether oxygens (including phenoxy) is 2. The molecule has 3 amide bonds. The predicted molar refractivity (Wildman–Crippen MR) is 108 cm³/mol. The molecule has 0 aliphatic carbocycles. The Balaban J connectivity index is 1.67. The zero-order valence-electron chi connectivity index (χ0n) is 16.4. The molecule has 0 aromatic heterocycles. The zero-order valence-corrected chi connectivity index (χ0v) is 16.4. The molecule has 148 valence electrons. The summed E-state index contributed by atoms with van der Waals surface area (Å²) < 4.78 is 10.7. The molecule has 28 heavy (non-hydrogen) atoms. The number of amides is 3. The Morgan fingerprint density at radius 3 is 2.71 bits per heavy atom. The van der Waals surface area contributed by atoms with Gasteiger partial charge in [0.2, 0.25) is 0 Å². The number of benzene rings is 2. The summed E-state index contributed by atoms with van der Waals surface area (Å²) in [5, 5.41) is 5.71. The summed E-state index contributed by atoms with van der Waals surface area (Å²) in [6.45, 7) is 3.59. The van der Waals surface area contributed by atoms with Crippen LogP contribution in [0.15, 0.2) is 36.4 Å². The molecule has 0 atom stereocenters. The van der Waals surface area contributed by atoms with E-state index in [-0.39, 0.29) is 11.9 Å². The van der Waals surface area contributed by atoms with Gasteiger partial charge in [-0.1, -0.05) is 18.2 Å². The highest BCUT2D eigenvalue weighted by atomic mass is 16.5. The molecule has 1 aliphatic rings. The summed E-state index contributed by atoms with van der Waals surface area (Å²) in [7, 11) is 3.20. The van der Waals surface area contributed by atoms with Gasteiger partial charge in [-0.25, -0.2) is 4.79 Å². The number of nitrogens with one attached hydrogen (secondary N) is 2. The van der Waals surface area contributed by atoms with Crippen molar-refractivity contribution in [2.75, 3.05) is 38.8 Å². The number of anilines is 1. The second-order valence-electron chi connectivity index (χ2n) is 6.54. The number of carbonyl (C=O) groups is 2. The second kappa shape index (κ2) is 8.65. The highest BCUT2D eigenvalue weighted by Crippen LogP contribution is 2.30. The molecular weight excluding hydrogens is 358 g/mol. The third-order valence-corrected chi connectivity index (χ3v) is 4.78. The number of rotatable bonds is 7. The van der Waals surface area contributed by atoms with E-state index in [1.165, 1.54) is 0 Å². The predicted octanol–water partition coefficient (Wildman–Crippen LogP) is 2.51. The Morgan fingerprint density at radius 1 is 1.21 bits per heavy atom. The highest BCUT2D eigenvalue weighted by molar-refractivity contribution is 5.99. The summed E-state index contributed by atoms with van der Waals surface area (Å²) in [6.07, 6.45) is 0.610. The topological polar surface area (TPSA) is 79.9 Å². The standard InChI is InChI=1S/C21H25N3O4/c1-14-7-8-16(13-17(14)24-12-11-23-21(24)26)20(25)22-10-9-15-5-4-6-18(27-2)19(15)28-3/h4-8,13H,9-12H2,1-3H3,(H,22,25)(H,23,26). The lowest BCUT2D eigenvalue weighted by Crippen LogP contribution is -2.29. The van der Waals surface area contributed by atoms with E-state index in [9.17, 15) is 9.59 Å². The third-order valence-electron chi connectivity index (χ3n) is 4.78. The molecule has 2 aromatic carbocycles. The Morgan fingerprint density at radius 2 is 2.04 bits per heavy atom. The lowest BCUT2D eigenvalue weighted by atomic mass is 10.1. The minimum atomic E-state index is -0.178. The maximum Gasteiger partial charge on any atom is 0.322 e. The maximum atomic E-state index is 12.6. The Bertz CT molecular complexity index is 882. The first-order chi connectivity index (χ1) is 13.5. The molecule has 0 spiro atoms. The number of hydrogen-bond acceptors (Lipinski definition) is 4. The van der Waals surface area contributed by atoms with E-state index in [0.29, 0.717) is 43.1 Å². The van der Waals surface area contributed by atoms with E-state index in [1.807, 2.05) is 31.2 Å². The Hall–Kier alpha value is -3.22. The van der Waals surface area contributed by atoms with Gasteiger partial charge in [-0.05, 0) is 42.7 Å². The number of nitrogens with zero attached hydrogens (tertiary/aromatic N) is 1. The quantitative estimate of drug-likeness (QED) is 0.770. The van der Waals surface area contributed by atoms with Crippen LogP contribution in [-0.2, 0) is 6.42 Å². The third kappa shape index (κ3) is 4.03. The molecule has 7 heteroatoms. The minimum absolute atomic E-state index is 0.134. The molecule has 1 fully saturated rings. The van der Waals surface area contributed by atoms with Gasteiger partial charge in [-0.3, -0.25) is 9.69 Å². The van der Waals surface area contributed by atoms with Crippen LogP contribution in [0.5, 0.6) is 11.5 Å². The molecule has 0 bridgehead atoms. The lowest BCUT2D eigenvalue weighted by Gasteiger charge is -2.18. The SMILES string of the molecule is COc1cccc(CCNC(=O)c2ccc(C)c(N3CCNC3=O)c2)c1OC. The van der Waals surface area contributed by atoms with Crippen LogP contribution >= 0.6 is 0 Å². The summed E-state index contributed by atoms with van der Waals surface area (Å²) in [4.78, 5) is 26.2. The van der Waals surface area contributed by atoms with Crippen molar-refractivity contribution in [1.29, 1.82) is 0 Å². The summed E-state index contributed by atoms with van der Waals surface area (Å²) in [5.74, 6) is 1.16. The average Bonchev–Trinajstić information content (AvgIpc) is 3.13. The normalized spacial score (nSPS) is 13.2. The number of methoxy groups -OCH3 is 2. The molecule has 1 saturated heterocycles. The van der Waals surface area contributed by atoms with Crippen molar-refractivity contribution in [3.05, 3.63) is 53.1 Å². The first-order valence-corrected chi connectivity index (χ1v) is 9.19. The molecule has 3 rings (SSSR count). The second-order valence-corrected chi connectivity index (χ2v) is 6.54. The van der Waals surface area contributed by atoms with Crippen molar-refractivity contribution >= 4 is 17.6 Å². The van der Waals surface area contributed by atoms with Gasteiger partial charge in [0, 0.05) is 30.9 Å². The largest absolute Gasteiger partial charge is 0.493 e. The van der Waals surface area contributed by atoms with E-state index >= 15 is 0 Å². The molecule has 0 unspecified atom stereocenters. The Labute approximate surface area is 164 Å². The van der Waals surface area contributed by atoms with Crippen LogP contribution in [0.25, 0.3) is 0 Å². The van der Waals surface area contributed by atoms with Gasteiger partial charge in [0.15, 0.2) is 11.5 Å². The van der Waals surface area contributed by atoms with Gasteiger partial charge in [-0.15, -0.1) is 0 Å². The smallest absolute Gasteiger partial charge is 0.322 e. The van der Waals surface area contributed by atoms with Crippen LogP contribution in [0.2, 0.25) is 0 Å². The van der Waals surface area contributed by atoms with Gasteiger partial charge in [0.1, 0.15) is 0 Å². The van der Waals surface area contributed by atoms with Gasteiger partial charge in [0.25, 0.3) is 5.91 Å². The summed E-state index contributed by atoms with van der Waals surface area (Å²) in [5.41, 5.74) is 3.20. The first-order valence-electron chi connectivity index (χ1n) is 9.19. The molecular formula is C21H25N3O4. The number of urea groups is 1. The van der Waals surface area contributed by atoms with Crippen molar-refractivity contribution in [2.24, 2.45) is 0 Å². The van der Waals surface area contributed by atoms with Crippen LogP contribution < -0.4 is 25.0 Å². The van der Waals surface area contributed by atoms with E-state index < -0.39 is 0 Å². The fourth-order valence-electron chi connectivity index (χ4n) is 3.31.